The van der Waals surface area contributed by atoms with Crippen LogP contribution in [-0.2, 0) is 16.0 Å². The Bertz CT molecular complexity index is 1020. The summed E-state index contributed by atoms with van der Waals surface area (Å²) in [6.45, 7) is 3.83. The van der Waals surface area contributed by atoms with E-state index in [9.17, 15) is 14.4 Å². The second-order valence-electron chi connectivity index (χ2n) is 7.37. The molecule has 7 heteroatoms. The summed E-state index contributed by atoms with van der Waals surface area (Å²) in [6, 6.07) is 11.3. The summed E-state index contributed by atoms with van der Waals surface area (Å²) in [4.78, 5) is 44.4. The van der Waals surface area contributed by atoms with E-state index in [0.29, 0.717) is 12.8 Å². The molecule has 7 nitrogen and oxygen atoms in total. The molecule has 0 aliphatic heterocycles. The molecule has 1 aromatic carbocycles. The number of rotatable bonds is 9. The average Bonchev–Trinajstić information content (AvgIpc) is 3.19. The molecular weight excluding hydrogens is 380 g/mol. The topological polar surface area (TPSA) is 104 Å². The van der Waals surface area contributed by atoms with E-state index in [4.69, 9.17) is 0 Å². The predicted molar refractivity (Wildman–Crippen MR) is 115 cm³/mol. The molecule has 0 spiro atoms. The Morgan fingerprint density at radius 2 is 1.90 bits per heavy atom. The molecular formula is C23H26N4O3. The number of carbonyl (C=O) groups excluding carboxylic acids is 3. The van der Waals surface area contributed by atoms with Crippen LogP contribution in [0.4, 0.5) is 0 Å². The molecule has 0 bridgehead atoms. The predicted octanol–water partition coefficient (Wildman–Crippen LogP) is 2.63. The first kappa shape index (κ1) is 21.2. The monoisotopic (exact) mass is 406 g/mol. The number of carbonyl (C=O) groups is 3. The first-order chi connectivity index (χ1) is 14.5. The van der Waals surface area contributed by atoms with E-state index >= 15 is 0 Å². The van der Waals surface area contributed by atoms with Crippen LogP contribution in [0.1, 0.15) is 36.3 Å². The number of hydrogen-bond donors (Lipinski definition) is 3. The van der Waals surface area contributed by atoms with Crippen LogP contribution in [0.3, 0.4) is 0 Å². The fourth-order valence-corrected chi connectivity index (χ4v) is 3.36. The van der Waals surface area contributed by atoms with Crippen molar-refractivity contribution in [1.29, 1.82) is 0 Å². The van der Waals surface area contributed by atoms with Gasteiger partial charge >= 0.3 is 0 Å². The van der Waals surface area contributed by atoms with Crippen molar-refractivity contribution in [2.75, 3.05) is 0 Å². The van der Waals surface area contributed by atoms with Crippen LogP contribution in [0.25, 0.3) is 10.9 Å². The van der Waals surface area contributed by atoms with Crippen molar-refractivity contribution in [3.63, 3.8) is 0 Å². The number of aromatic amines is 1. The van der Waals surface area contributed by atoms with E-state index < -0.39 is 18.0 Å². The van der Waals surface area contributed by atoms with Crippen LogP contribution < -0.4 is 10.6 Å². The van der Waals surface area contributed by atoms with Gasteiger partial charge in [0.05, 0.1) is 6.04 Å². The van der Waals surface area contributed by atoms with Gasteiger partial charge in [-0.3, -0.25) is 14.6 Å². The Morgan fingerprint density at radius 1 is 1.13 bits per heavy atom. The van der Waals surface area contributed by atoms with Gasteiger partial charge in [-0.05, 0) is 29.7 Å². The van der Waals surface area contributed by atoms with Crippen molar-refractivity contribution in [1.82, 2.24) is 20.6 Å². The van der Waals surface area contributed by atoms with E-state index in [1.165, 1.54) is 6.20 Å². The van der Waals surface area contributed by atoms with Crippen LogP contribution in [0.5, 0.6) is 0 Å². The number of aromatic nitrogens is 2. The van der Waals surface area contributed by atoms with Crippen LogP contribution in [-0.4, -0.2) is 40.2 Å². The van der Waals surface area contributed by atoms with Crippen LogP contribution >= 0.6 is 0 Å². The average molecular weight is 406 g/mol. The molecule has 3 rings (SSSR count). The molecule has 0 aliphatic rings. The lowest BCUT2D eigenvalue weighted by atomic mass is 9.97. The summed E-state index contributed by atoms with van der Waals surface area (Å²) in [5, 5.41) is 6.57. The zero-order chi connectivity index (χ0) is 21.5. The quantitative estimate of drug-likeness (QED) is 0.475. The molecule has 3 atom stereocenters. The minimum Gasteiger partial charge on any atom is -0.361 e. The highest BCUT2D eigenvalue weighted by Gasteiger charge is 2.28. The molecule has 0 saturated heterocycles. The summed E-state index contributed by atoms with van der Waals surface area (Å²) < 4.78 is 0. The van der Waals surface area contributed by atoms with E-state index in [2.05, 4.69) is 20.6 Å². The highest BCUT2D eigenvalue weighted by molar-refractivity contribution is 5.96. The molecule has 0 fully saturated rings. The number of para-hydroxylation sites is 1. The van der Waals surface area contributed by atoms with Crippen molar-refractivity contribution in [2.45, 2.75) is 38.8 Å². The zero-order valence-corrected chi connectivity index (χ0v) is 17.1. The molecule has 30 heavy (non-hydrogen) atoms. The number of aldehydes is 1. The number of hydrogen-bond acceptors (Lipinski definition) is 4. The lowest BCUT2D eigenvalue weighted by Gasteiger charge is -2.25. The van der Waals surface area contributed by atoms with Gasteiger partial charge in [0.1, 0.15) is 18.0 Å². The number of amides is 2. The number of nitrogens with zero attached hydrogens (tertiary/aromatic N) is 1. The molecule has 2 amide bonds. The first-order valence-electron chi connectivity index (χ1n) is 10.1. The van der Waals surface area contributed by atoms with Crippen LogP contribution in [0.2, 0.25) is 0 Å². The maximum absolute atomic E-state index is 13.0. The third-order valence-electron chi connectivity index (χ3n) is 5.29. The molecule has 0 aliphatic carbocycles. The van der Waals surface area contributed by atoms with E-state index in [-0.39, 0.29) is 17.5 Å². The lowest BCUT2D eigenvalue weighted by molar-refractivity contribution is -0.126. The Kier molecular flexibility index (Phi) is 6.95. The summed E-state index contributed by atoms with van der Waals surface area (Å²) in [6.07, 6.45) is 5.16. The number of H-pyrrole nitrogens is 1. The minimum atomic E-state index is -0.769. The van der Waals surface area contributed by atoms with Crippen molar-refractivity contribution >= 4 is 29.0 Å². The second-order valence-corrected chi connectivity index (χ2v) is 7.37. The molecule has 156 valence electrons. The Morgan fingerprint density at radius 3 is 2.60 bits per heavy atom. The molecule has 1 unspecified atom stereocenters. The van der Waals surface area contributed by atoms with Gasteiger partial charge in [-0.2, -0.15) is 0 Å². The van der Waals surface area contributed by atoms with E-state index in [0.717, 1.165) is 22.8 Å². The van der Waals surface area contributed by atoms with Gasteiger partial charge in [-0.25, -0.2) is 0 Å². The van der Waals surface area contributed by atoms with Gasteiger partial charge in [-0.1, -0.05) is 44.5 Å². The van der Waals surface area contributed by atoms with Gasteiger partial charge in [0.2, 0.25) is 5.91 Å². The third kappa shape index (κ3) is 4.92. The maximum Gasteiger partial charge on any atom is 0.270 e. The van der Waals surface area contributed by atoms with Crippen molar-refractivity contribution in [3.05, 3.63) is 66.1 Å². The molecule has 2 aromatic heterocycles. The van der Waals surface area contributed by atoms with Crippen molar-refractivity contribution in [2.24, 2.45) is 5.92 Å². The summed E-state index contributed by atoms with van der Waals surface area (Å²) in [7, 11) is 0. The fraction of sp³-hybridized carbons (Fsp3) is 0.304. The largest absolute Gasteiger partial charge is 0.361 e. The Balaban J connectivity index is 1.71. The molecule has 2 heterocycles. The van der Waals surface area contributed by atoms with Gasteiger partial charge in [0, 0.05) is 29.7 Å². The first-order valence-corrected chi connectivity index (χ1v) is 10.1. The molecule has 3 aromatic rings. The van der Waals surface area contributed by atoms with Gasteiger partial charge in [0.25, 0.3) is 5.91 Å². The SMILES string of the molecule is CCC(C)[C@H](NC(=O)c1ccccn1)C(=O)N[C@H](C=O)Cc1c[nH]c2ccccc12. The second kappa shape index (κ2) is 9.82. The van der Waals surface area contributed by atoms with Gasteiger partial charge in [0.15, 0.2) is 0 Å². The highest BCUT2D eigenvalue weighted by atomic mass is 16.2. The normalized spacial score (nSPS) is 13.9. The van der Waals surface area contributed by atoms with Crippen molar-refractivity contribution in [3.8, 4) is 0 Å². The Labute approximate surface area is 175 Å². The van der Waals surface area contributed by atoms with Crippen LogP contribution in [0, 0.1) is 5.92 Å². The highest BCUT2D eigenvalue weighted by Crippen LogP contribution is 2.19. The molecule has 0 saturated carbocycles. The maximum atomic E-state index is 13.0. The number of pyridine rings is 1. The molecule has 3 N–H and O–H groups in total. The summed E-state index contributed by atoms with van der Waals surface area (Å²) in [5.41, 5.74) is 2.16. The number of nitrogens with one attached hydrogen (secondary N) is 3. The van der Waals surface area contributed by atoms with Gasteiger partial charge in [-0.15, -0.1) is 0 Å². The number of fused-ring (bicyclic) bond motifs is 1. The minimum absolute atomic E-state index is 0.113. The fourth-order valence-electron chi connectivity index (χ4n) is 3.36. The molecule has 0 radical (unpaired) electrons. The van der Waals surface area contributed by atoms with E-state index in [1.807, 2.05) is 44.3 Å². The summed E-state index contributed by atoms with van der Waals surface area (Å²) >= 11 is 0. The standard InChI is InChI=1S/C23H26N4O3/c1-3-15(2)21(27-22(29)20-10-6-7-11-24-20)23(30)26-17(14-28)12-16-13-25-19-9-5-4-8-18(16)19/h4-11,13-15,17,21,25H,3,12H2,1-2H3,(H,26,30)(H,27,29)/t15?,17-,21-/m0/s1. The zero-order valence-electron chi connectivity index (χ0n) is 17.1. The van der Waals surface area contributed by atoms with Crippen LogP contribution in [0.15, 0.2) is 54.9 Å². The Hall–Kier alpha value is -3.48. The smallest absolute Gasteiger partial charge is 0.270 e. The third-order valence-corrected chi connectivity index (χ3v) is 5.29. The van der Waals surface area contributed by atoms with E-state index in [1.54, 1.807) is 18.2 Å². The number of benzene rings is 1. The summed E-state index contributed by atoms with van der Waals surface area (Å²) in [5.74, 6) is -0.918. The van der Waals surface area contributed by atoms with Gasteiger partial charge < -0.3 is 20.4 Å². The van der Waals surface area contributed by atoms with Crippen molar-refractivity contribution < 1.29 is 14.4 Å². The lowest BCUT2D eigenvalue weighted by Crippen LogP contribution is -2.53.